The zero-order valence-electron chi connectivity index (χ0n) is 12.3. The summed E-state index contributed by atoms with van der Waals surface area (Å²) in [5.41, 5.74) is 6.54. The molecule has 3 rings (SSSR count). The van der Waals surface area contributed by atoms with Crippen LogP contribution in [0.4, 0.5) is 0 Å². The van der Waals surface area contributed by atoms with Gasteiger partial charge in [-0.1, -0.05) is 71.8 Å². The van der Waals surface area contributed by atoms with Crippen LogP contribution in [0.3, 0.4) is 0 Å². The van der Waals surface area contributed by atoms with E-state index in [0.717, 1.165) is 22.3 Å². The van der Waals surface area contributed by atoms with Gasteiger partial charge in [-0.15, -0.1) is 0 Å². The van der Waals surface area contributed by atoms with Gasteiger partial charge in [0.2, 0.25) is 0 Å². The fraction of sp³-hybridized carbons (Fsp3) is 0.100. The fourth-order valence-corrected chi connectivity index (χ4v) is 2.54. The van der Waals surface area contributed by atoms with Crippen molar-refractivity contribution in [3.8, 4) is 28.0 Å². The van der Waals surface area contributed by atoms with E-state index < -0.39 is 0 Å². The van der Waals surface area contributed by atoms with Gasteiger partial charge in [0.25, 0.3) is 0 Å². The Hall–Kier alpha value is -2.54. The average Bonchev–Trinajstić information content (AvgIpc) is 2.49. The van der Waals surface area contributed by atoms with Gasteiger partial charge in [-0.05, 0) is 36.6 Å². The van der Waals surface area contributed by atoms with E-state index in [4.69, 9.17) is 0 Å². The van der Waals surface area contributed by atoms with Gasteiger partial charge >= 0.3 is 0 Å². The quantitative estimate of drug-likeness (QED) is 0.668. The topological polar surface area (TPSA) is 20.2 Å². The summed E-state index contributed by atoms with van der Waals surface area (Å²) in [5.74, 6) is 0.317. The maximum absolute atomic E-state index is 10.3. The second-order valence-electron chi connectivity index (χ2n) is 5.43. The zero-order valence-corrected chi connectivity index (χ0v) is 12.3. The van der Waals surface area contributed by atoms with E-state index in [0.29, 0.717) is 5.75 Å². The average molecular weight is 274 g/mol. The summed E-state index contributed by atoms with van der Waals surface area (Å²) in [7, 11) is 0. The van der Waals surface area contributed by atoms with Gasteiger partial charge in [0.05, 0.1) is 0 Å². The molecule has 0 saturated carbocycles. The molecule has 0 fully saturated rings. The predicted molar refractivity (Wildman–Crippen MR) is 88.5 cm³/mol. The molecule has 3 aromatic carbocycles. The van der Waals surface area contributed by atoms with E-state index >= 15 is 0 Å². The molecule has 0 spiro atoms. The molecule has 0 aromatic heterocycles. The normalized spacial score (nSPS) is 10.6. The second kappa shape index (κ2) is 5.45. The number of hydrogen-bond acceptors (Lipinski definition) is 1. The lowest BCUT2D eigenvalue weighted by Crippen LogP contribution is -1.87. The largest absolute Gasteiger partial charge is 0.507 e. The summed E-state index contributed by atoms with van der Waals surface area (Å²) in [6, 6.07) is 22.3. The lowest BCUT2D eigenvalue weighted by atomic mass is 9.93. The lowest BCUT2D eigenvalue weighted by molar-refractivity contribution is 0.477. The van der Waals surface area contributed by atoms with Crippen LogP contribution in [0.5, 0.6) is 5.75 Å². The molecular formula is C20H18O. The van der Waals surface area contributed by atoms with Crippen LogP contribution in [0.25, 0.3) is 22.3 Å². The molecule has 21 heavy (non-hydrogen) atoms. The first kappa shape index (κ1) is 13.4. The van der Waals surface area contributed by atoms with Crippen LogP contribution in [-0.2, 0) is 0 Å². The first-order valence-electron chi connectivity index (χ1n) is 7.11. The van der Waals surface area contributed by atoms with E-state index in [1.165, 1.54) is 11.1 Å². The van der Waals surface area contributed by atoms with Gasteiger partial charge in [0.15, 0.2) is 0 Å². The molecule has 0 aliphatic heterocycles. The van der Waals surface area contributed by atoms with E-state index in [2.05, 4.69) is 68.4 Å². The maximum Gasteiger partial charge on any atom is 0.124 e. The number of benzene rings is 3. The molecule has 0 aliphatic carbocycles. The summed E-state index contributed by atoms with van der Waals surface area (Å²) in [4.78, 5) is 0. The Kier molecular flexibility index (Phi) is 3.49. The monoisotopic (exact) mass is 274 g/mol. The summed E-state index contributed by atoms with van der Waals surface area (Å²) in [5, 5.41) is 10.3. The predicted octanol–water partition coefficient (Wildman–Crippen LogP) is 5.34. The van der Waals surface area contributed by atoms with Gasteiger partial charge in [-0.25, -0.2) is 0 Å². The standard InChI is InChI=1S/C20H18O/c1-14-6-10-16(11-7-14)18-4-3-5-19(21)20(18)17-12-8-15(2)9-13-17/h3-13,21H,1-2H3. The third-order valence-corrected chi connectivity index (χ3v) is 3.75. The molecule has 0 amide bonds. The summed E-state index contributed by atoms with van der Waals surface area (Å²) in [6.45, 7) is 4.14. The highest BCUT2D eigenvalue weighted by molar-refractivity contribution is 5.87. The van der Waals surface area contributed by atoms with Crippen LogP contribution < -0.4 is 0 Å². The molecule has 0 aliphatic rings. The van der Waals surface area contributed by atoms with Gasteiger partial charge in [0, 0.05) is 5.56 Å². The van der Waals surface area contributed by atoms with Crippen LogP contribution >= 0.6 is 0 Å². The van der Waals surface area contributed by atoms with Crippen molar-refractivity contribution >= 4 is 0 Å². The molecule has 0 radical (unpaired) electrons. The smallest absolute Gasteiger partial charge is 0.124 e. The molecule has 1 heteroatoms. The Morgan fingerprint density at radius 2 is 1.14 bits per heavy atom. The molecule has 3 aromatic rings. The first-order chi connectivity index (χ1) is 10.1. The van der Waals surface area contributed by atoms with E-state index in [9.17, 15) is 5.11 Å². The molecule has 0 atom stereocenters. The Morgan fingerprint density at radius 1 is 0.619 bits per heavy atom. The van der Waals surface area contributed by atoms with Gasteiger partial charge in [-0.2, -0.15) is 0 Å². The van der Waals surface area contributed by atoms with Crippen molar-refractivity contribution < 1.29 is 5.11 Å². The Labute approximate surface area is 125 Å². The van der Waals surface area contributed by atoms with Crippen LogP contribution in [-0.4, -0.2) is 5.11 Å². The maximum atomic E-state index is 10.3. The second-order valence-corrected chi connectivity index (χ2v) is 5.43. The Bertz CT molecular complexity index is 753. The van der Waals surface area contributed by atoms with E-state index in [1.54, 1.807) is 6.07 Å². The number of phenols is 1. The third-order valence-electron chi connectivity index (χ3n) is 3.75. The minimum Gasteiger partial charge on any atom is -0.507 e. The number of hydrogen-bond donors (Lipinski definition) is 1. The van der Waals surface area contributed by atoms with Crippen LogP contribution in [0.15, 0.2) is 66.7 Å². The molecule has 104 valence electrons. The number of phenolic OH excluding ortho intramolecular Hbond substituents is 1. The fourth-order valence-electron chi connectivity index (χ4n) is 2.54. The minimum absolute atomic E-state index is 0.317. The van der Waals surface area contributed by atoms with Crippen LogP contribution in [0.2, 0.25) is 0 Å². The molecule has 0 saturated heterocycles. The van der Waals surface area contributed by atoms with Crippen molar-refractivity contribution in [2.45, 2.75) is 13.8 Å². The molecular weight excluding hydrogens is 256 g/mol. The van der Waals surface area contributed by atoms with Crippen LogP contribution in [0.1, 0.15) is 11.1 Å². The molecule has 1 N–H and O–H groups in total. The van der Waals surface area contributed by atoms with Gasteiger partial charge < -0.3 is 5.11 Å². The number of rotatable bonds is 2. The number of aromatic hydroxyl groups is 1. The molecule has 0 heterocycles. The molecule has 0 unspecified atom stereocenters. The van der Waals surface area contributed by atoms with Crippen molar-refractivity contribution in [1.29, 1.82) is 0 Å². The third kappa shape index (κ3) is 2.68. The number of aryl methyl sites for hydroxylation is 2. The summed E-state index contributed by atoms with van der Waals surface area (Å²) < 4.78 is 0. The van der Waals surface area contributed by atoms with E-state index in [1.807, 2.05) is 6.07 Å². The van der Waals surface area contributed by atoms with Gasteiger partial charge in [0.1, 0.15) is 5.75 Å². The highest BCUT2D eigenvalue weighted by Crippen LogP contribution is 2.38. The van der Waals surface area contributed by atoms with Gasteiger partial charge in [-0.3, -0.25) is 0 Å². The molecule has 1 nitrogen and oxygen atoms in total. The highest BCUT2D eigenvalue weighted by Gasteiger charge is 2.11. The van der Waals surface area contributed by atoms with Crippen molar-refractivity contribution in [2.75, 3.05) is 0 Å². The first-order valence-corrected chi connectivity index (χ1v) is 7.11. The Balaban J connectivity index is 2.20. The van der Waals surface area contributed by atoms with Crippen molar-refractivity contribution in [2.24, 2.45) is 0 Å². The van der Waals surface area contributed by atoms with Crippen molar-refractivity contribution in [3.63, 3.8) is 0 Å². The molecule has 0 bridgehead atoms. The SMILES string of the molecule is Cc1ccc(-c2cccc(O)c2-c2ccc(C)cc2)cc1. The minimum atomic E-state index is 0.317. The summed E-state index contributed by atoms with van der Waals surface area (Å²) >= 11 is 0. The van der Waals surface area contributed by atoms with Crippen LogP contribution in [0, 0.1) is 13.8 Å². The Morgan fingerprint density at radius 3 is 1.71 bits per heavy atom. The zero-order chi connectivity index (χ0) is 14.8. The highest BCUT2D eigenvalue weighted by atomic mass is 16.3. The van der Waals surface area contributed by atoms with E-state index in [-0.39, 0.29) is 0 Å². The summed E-state index contributed by atoms with van der Waals surface area (Å²) in [6.07, 6.45) is 0. The lowest BCUT2D eigenvalue weighted by Gasteiger charge is -2.12. The van der Waals surface area contributed by atoms with Crippen molar-refractivity contribution in [3.05, 3.63) is 77.9 Å². The van der Waals surface area contributed by atoms with Crippen molar-refractivity contribution in [1.82, 2.24) is 0 Å².